The second kappa shape index (κ2) is 7.63. The van der Waals surface area contributed by atoms with Crippen LogP contribution >= 0.6 is 22.6 Å². The van der Waals surface area contributed by atoms with Gasteiger partial charge in [0.15, 0.2) is 0 Å². The minimum atomic E-state index is 0.548. The molecule has 2 heteroatoms. The molecular weight excluding hydrogens is 345 g/mol. The van der Waals surface area contributed by atoms with E-state index in [0.29, 0.717) is 6.04 Å². The van der Waals surface area contributed by atoms with Crippen LogP contribution in [-0.2, 0) is 0 Å². The molecule has 1 nitrogen and oxygen atoms in total. The van der Waals surface area contributed by atoms with Gasteiger partial charge in [-0.15, -0.1) is 0 Å². The van der Waals surface area contributed by atoms with E-state index in [1.165, 1.54) is 41.2 Å². The quantitative estimate of drug-likeness (QED) is 0.705. The van der Waals surface area contributed by atoms with Crippen LogP contribution in [0.5, 0.6) is 0 Å². The molecule has 3 unspecified atom stereocenters. The molecule has 1 saturated carbocycles. The molecule has 19 heavy (non-hydrogen) atoms. The summed E-state index contributed by atoms with van der Waals surface area (Å²) in [5.74, 6) is 1.72. The average Bonchev–Trinajstić information content (AvgIpc) is 2.46. The topological polar surface area (TPSA) is 12.0 Å². The summed E-state index contributed by atoms with van der Waals surface area (Å²) in [5, 5.41) is 3.75. The average molecular weight is 371 g/mol. The molecule has 0 amide bonds. The third-order valence-corrected chi connectivity index (χ3v) is 5.29. The number of hydrogen-bond acceptors (Lipinski definition) is 1. The minimum Gasteiger partial charge on any atom is -0.310 e. The van der Waals surface area contributed by atoms with Crippen molar-refractivity contribution in [3.05, 3.63) is 33.4 Å². The molecule has 0 spiro atoms. The highest BCUT2D eigenvalue weighted by atomic mass is 127. The van der Waals surface area contributed by atoms with Crippen molar-refractivity contribution in [3.8, 4) is 0 Å². The lowest BCUT2D eigenvalue weighted by Gasteiger charge is -2.37. The van der Waals surface area contributed by atoms with Crippen LogP contribution in [0.25, 0.3) is 0 Å². The van der Waals surface area contributed by atoms with E-state index in [1.807, 2.05) is 0 Å². The Hall–Kier alpha value is -0.0900. The Balaban J connectivity index is 2.20. The second-order valence-electron chi connectivity index (χ2n) is 5.70. The van der Waals surface area contributed by atoms with Crippen molar-refractivity contribution in [2.24, 2.45) is 11.8 Å². The van der Waals surface area contributed by atoms with Gasteiger partial charge in [0.2, 0.25) is 0 Å². The van der Waals surface area contributed by atoms with Gasteiger partial charge in [0.25, 0.3) is 0 Å². The summed E-state index contributed by atoms with van der Waals surface area (Å²) in [6.45, 7) is 5.65. The zero-order valence-corrected chi connectivity index (χ0v) is 14.3. The fourth-order valence-electron chi connectivity index (χ4n) is 3.59. The molecule has 0 aliphatic heterocycles. The lowest BCUT2D eigenvalue weighted by molar-refractivity contribution is 0.177. The summed E-state index contributed by atoms with van der Waals surface area (Å²) in [6, 6.07) is 9.66. The first-order chi connectivity index (χ1) is 9.26. The molecule has 0 bridgehead atoms. The maximum absolute atomic E-state index is 3.75. The highest BCUT2D eigenvalue weighted by Crippen LogP contribution is 2.40. The fraction of sp³-hybridized carbons (Fsp3) is 0.647. The first-order valence-electron chi connectivity index (χ1n) is 7.75. The third-order valence-electron chi connectivity index (χ3n) is 4.57. The largest absolute Gasteiger partial charge is 0.310 e. The van der Waals surface area contributed by atoms with Crippen LogP contribution in [0.15, 0.2) is 24.3 Å². The third kappa shape index (κ3) is 3.94. The van der Waals surface area contributed by atoms with Crippen LogP contribution in [-0.4, -0.2) is 6.54 Å². The Morgan fingerprint density at radius 1 is 1.16 bits per heavy atom. The first-order valence-corrected chi connectivity index (χ1v) is 8.83. The summed E-state index contributed by atoms with van der Waals surface area (Å²) in [5.41, 5.74) is 1.48. The van der Waals surface area contributed by atoms with E-state index in [4.69, 9.17) is 0 Å². The van der Waals surface area contributed by atoms with Crippen LogP contribution in [0.4, 0.5) is 0 Å². The van der Waals surface area contributed by atoms with Crippen molar-refractivity contribution < 1.29 is 0 Å². The molecule has 2 rings (SSSR count). The summed E-state index contributed by atoms with van der Waals surface area (Å²) >= 11 is 2.39. The maximum atomic E-state index is 3.75. The van der Waals surface area contributed by atoms with Gasteiger partial charge in [0, 0.05) is 9.61 Å². The highest BCUT2D eigenvalue weighted by Gasteiger charge is 2.31. The molecule has 0 radical (unpaired) electrons. The van der Waals surface area contributed by atoms with Crippen molar-refractivity contribution in [3.63, 3.8) is 0 Å². The minimum absolute atomic E-state index is 0.548. The summed E-state index contributed by atoms with van der Waals surface area (Å²) in [6.07, 6.45) is 6.99. The van der Waals surface area contributed by atoms with Gasteiger partial charge in [-0.2, -0.15) is 0 Å². The Morgan fingerprint density at radius 3 is 2.47 bits per heavy atom. The molecule has 0 saturated heterocycles. The van der Waals surface area contributed by atoms with E-state index in [0.717, 1.165) is 18.4 Å². The number of rotatable bonds is 5. The van der Waals surface area contributed by atoms with Crippen LogP contribution in [0.2, 0.25) is 0 Å². The number of hydrogen-bond donors (Lipinski definition) is 1. The highest BCUT2D eigenvalue weighted by molar-refractivity contribution is 14.1. The zero-order valence-electron chi connectivity index (χ0n) is 12.2. The molecule has 1 aliphatic carbocycles. The lowest BCUT2D eigenvalue weighted by Crippen LogP contribution is -2.34. The molecule has 1 aliphatic rings. The van der Waals surface area contributed by atoms with Crippen molar-refractivity contribution in [1.82, 2.24) is 5.32 Å². The SMILES string of the molecule is CCNC(c1ccc(I)cc1)C1CCCCC1CC. The van der Waals surface area contributed by atoms with E-state index < -0.39 is 0 Å². The Bertz CT molecular complexity index is 373. The van der Waals surface area contributed by atoms with Gasteiger partial charge in [-0.25, -0.2) is 0 Å². The second-order valence-corrected chi connectivity index (χ2v) is 6.95. The smallest absolute Gasteiger partial charge is 0.0351 e. The van der Waals surface area contributed by atoms with Crippen molar-refractivity contribution >= 4 is 22.6 Å². The first kappa shape index (κ1) is 15.3. The van der Waals surface area contributed by atoms with Crippen molar-refractivity contribution in [2.75, 3.05) is 6.54 Å². The summed E-state index contributed by atoms with van der Waals surface area (Å²) in [4.78, 5) is 0. The molecule has 3 atom stereocenters. The Labute approximate surface area is 131 Å². The van der Waals surface area contributed by atoms with Gasteiger partial charge >= 0.3 is 0 Å². The van der Waals surface area contributed by atoms with Gasteiger partial charge in [-0.05, 0) is 65.1 Å². The number of nitrogens with one attached hydrogen (secondary N) is 1. The van der Waals surface area contributed by atoms with Gasteiger partial charge < -0.3 is 5.32 Å². The van der Waals surface area contributed by atoms with Crippen LogP contribution < -0.4 is 5.32 Å². The van der Waals surface area contributed by atoms with Gasteiger partial charge in [0.05, 0.1) is 0 Å². The van der Waals surface area contributed by atoms with E-state index in [1.54, 1.807) is 0 Å². The zero-order chi connectivity index (χ0) is 13.7. The number of halogens is 1. The van der Waals surface area contributed by atoms with Crippen LogP contribution in [0.1, 0.15) is 57.6 Å². The van der Waals surface area contributed by atoms with Crippen molar-refractivity contribution in [2.45, 2.75) is 52.0 Å². The predicted molar refractivity (Wildman–Crippen MR) is 91.3 cm³/mol. The van der Waals surface area contributed by atoms with E-state index in [-0.39, 0.29) is 0 Å². The Morgan fingerprint density at radius 2 is 1.84 bits per heavy atom. The van der Waals surface area contributed by atoms with E-state index >= 15 is 0 Å². The van der Waals surface area contributed by atoms with Gasteiger partial charge in [-0.3, -0.25) is 0 Å². The summed E-state index contributed by atoms with van der Waals surface area (Å²) in [7, 11) is 0. The molecule has 1 fully saturated rings. The fourth-order valence-corrected chi connectivity index (χ4v) is 3.95. The van der Waals surface area contributed by atoms with E-state index in [2.05, 4.69) is 66.0 Å². The van der Waals surface area contributed by atoms with Crippen molar-refractivity contribution in [1.29, 1.82) is 0 Å². The standard InChI is InChI=1S/C17H26IN/c1-3-13-7-5-6-8-16(13)17(19-4-2)14-9-11-15(18)12-10-14/h9-13,16-17,19H,3-8H2,1-2H3. The predicted octanol–water partition coefficient (Wildman–Crippen LogP) is 5.16. The molecule has 0 heterocycles. The molecule has 1 aromatic carbocycles. The summed E-state index contributed by atoms with van der Waals surface area (Å²) < 4.78 is 1.33. The molecular formula is C17H26IN. The number of benzene rings is 1. The lowest BCUT2D eigenvalue weighted by atomic mass is 9.72. The molecule has 0 aromatic heterocycles. The normalized spacial score (nSPS) is 25.2. The monoisotopic (exact) mass is 371 g/mol. The maximum Gasteiger partial charge on any atom is 0.0351 e. The van der Waals surface area contributed by atoms with Crippen LogP contribution in [0.3, 0.4) is 0 Å². The Kier molecular flexibility index (Phi) is 6.14. The van der Waals surface area contributed by atoms with E-state index in [9.17, 15) is 0 Å². The van der Waals surface area contributed by atoms with Crippen LogP contribution in [0, 0.1) is 15.4 Å². The molecule has 106 valence electrons. The van der Waals surface area contributed by atoms with Gasteiger partial charge in [-0.1, -0.05) is 51.7 Å². The van der Waals surface area contributed by atoms with Gasteiger partial charge in [0.1, 0.15) is 0 Å². The molecule has 1 N–H and O–H groups in total. The molecule has 1 aromatic rings.